The first-order valence-corrected chi connectivity index (χ1v) is 10.1. The summed E-state index contributed by atoms with van der Waals surface area (Å²) in [6.07, 6.45) is 8.42. The van der Waals surface area contributed by atoms with E-state index in [9.17, 15) is 4.79 Å². The second-order valence-electron chi connectivity index (χ2n) is 7.21. The fourth-order valence-electron chi connectivity index (χ4n) is 3.85. The number of nitrogens with zero attached hydrogens (tertiary/aromatic N) is 5. The molecule has 7 heteroatoms. The van der Waals surface area contributed by atoms with Crippen molar-refractivity contribution in [1.82, 2.24) is 29.7 Å². The van der Waals surface area contributed by atoms with Crippen LogP contribution in [-0.4, -0.2) is 43.4 Å². The summed E-state index contributed by atoms with van der Waals surface area (Å²) in [6.45, 7) is 3.81. The summed E-state index contributed by atoms with van der Waals surface area (Å²) < 4.78 is 2.03. The predicted molar refractivity (Wildman–Crippen MR) is 110 cm³/mol. The Morgan fingerprint density at radius 1 is 1.17 bits per heavy atom. The van der Waals surface area contributed by atoms with Gasteiger partial charge in [-0.05, 0) is 43.7 Å². The zero-order chi connectivity index (χ0) is 20.1. The van der Waals surface area contributed by atoms with Gasteiger partial charge in [0, 0.05) is 25.0 Å². The fraction of sp³-hybridized carbons (Fsp3) is 0.364. The van der Waals surface area contributed by atoms with E-state index in [4.69, 9.17) is 4.98 Å². The molecule has 0 spiro atoms. The lowest BCUT2D eigenvalue weighted by molar-refractivity contribution is -0.122. The molecule has 29 heavy (non-hydrogen) atoms. The smallest absolute Gasteiger partial charge is 0.234 e. The summed E-state index contributed by atoms with van der Waals surface area (Å²) in [5, 5.41) is 2.97. The number of rotatable bonds is 7. The quantitative estimate of drug-likeness (QED) is 0.671. The largest absolute Gasteiger partial charge is 0.349 e. The fourth-order valence-corrected chi connectivity index (χ4v) is 3.85. The van der Waals surface area contributed by atoms with E-state index in [2.05, 4.69) is 33.2 Å². The van der Waals surface area contributed by atoms with Crippen molar-refractivity contribution >= 4 is 5.91 Å². The first kappa shape index (κ1) is 19.3. The normalized spacial score (nSPS) is 16.8. The maximum Gasteiger partial charge on any atom is 0.234 e. The number of likely N-dealkylation sites (tertiary alicyclic amines) is 1. The molecule has 4 heterocycles. The Labute approximate surface area is 170 Å². The summed E-state index contributed by atoms with van der Waals surface area (Å²) in [7, 11) is 0. The Hall–Kier alpha value is -3.06. The highest BCUT2D eigenvalue weighted by atomic mass is 16.2. The highest BCUT2D eigenvalue weighted by Crippen LogP contribution is 2.30. The number of imidazole rings is 1. The van der Waals surface area contributed by atoms with Gasteiger partial charge in [-0.1, -0.05) is 19.1 Å². The third-order valence-corrected chi connectivity index (χ3v) is 5.28. The Bertz CT molecular complexity index is 955. The van der Waals surface area contributed by atoms with E-state index in [0.29, 0.717) is 13.1 Å². The number of hydrogen-bond acceptors (Lipinski definition) is 5. The topological polar surface area (TPSA) is 75.9 Å². The summed E-state index contributed by atoms with van der Waals surface area (Å²) in [5.41, 5.74) is 1.87. The minimum Gasteiger partial charge on any atom is -0.349 e. The molecule has 0 unspecified atom stereocenters. The van der Waals surface area contributed by atoms with Crippen molar-refractivity contribution < 1.29 is 4.79 Å². The maximum absolute atomic E-state index is 12.5. The number of pyridine rings is 2. The molecule has 0 aromatic carbocycles. The van der Waals surface area contributed by atoms with Gasteiger partial charge in [-0.25, -0.2) is 9.97 Å². The molecular weight excluding hydrogens is 364 g/mol. The lowest BCUT2D eigenvalue weighted by Crippen LogP contribution is -2.37. The van der Waals surface area contributed by atoms with Crippen LogP contribution in [0.1, 0.15) is 43.0 Å². The molecule has 1 saturated heterocycles. The zero-order valence-corrected chi connectivity index (χ0v) is 16.7. The molecule has 0 bridgehead atoms. The molecular formula is C22H26N6O. The standard InChI is InChI=1S/C22H26N6O/c1-2-20-24-12-14-28(20)21-10-5-8-18(26-21)19-9-6-13-27(19)16-22(29)25-15-17-7-3-4-11-23-17/h3-5,7-8,10-12,14,19H,2,6,9,13,15-16H2,1H3,(H,25,29)/t19-/m0/s1. The van der Waals surface area contributed by atoms with Gasteiger partial charge in [0.2, 0.25) is 5.91 Å². The number of aromatic nitrogens is 4. The molecule has 3 aromatic rings. The third-order valence-electron chi connectivity index (χ3n) is 5.28. The molecule has 1 N–H and O–H groups in total. The van der Waals surface area contributed by atoms with E-state index in [-0.39, 0.29) is 11.9 Å². The van der Waals surface area contributed by atoms with Crippen LogP contribution in [0.15, 0.2) is 55.0 Å². The van der Waals surface area contributed by atoms with E-state index < -0.39 is 0 Å². The van der Waals surface area contributed by atoms with Crippen molar-refractivity contribution in [1.29, 1.82) is 0 Å². The van der Waals surface area contributed by atoms with Crippen molar-refractivity contribution in [2.24, 2.45) is 0 Å². The molecule has 0 aliphatic carbocycles. The van der Waals surface area contributed by atoms with Crippen LogP contribution in [0.25, 0.3) is 5.82 Å². The summed E-state index contributed by atoms with van der Waals surface area (Å²) in [4.78, 5) is 28.2. The van der Waals surface area contributed by atoms with Crippen LogP contribution < -0.4 is 5.32 Å². The zero-order valence-electron chi connectivity index (χ0n) is 16.7. The van der Waals surface area contributed by atoms with Gasteiger partial charge in [0.05, 0.1) is 30.5 Å². The van der Waals surface area contributed by atoms with Gasteiger partial charge in [-0.15, -0.1) is 0 Å². The van der Waals surface area contributed by atoms with Crippen molar-refractivity contribution in [2.45, 2.75) is 38.8 Å². The van der Waals surface area contributed by atoms with Crippen LogP contribution in [0.2, 0.25) is 0 Å². The van der Waals surface area contributed by atoms with Crippen molar-refractivity contribution in [3.8, 4) is 5.82 Å². The Balaban J connectivity index is 1.43. The summed E-state index contributed by atoms with van der Waals surface area (Å²) in [6, 6.07) is 12.0. The molecule has 1 aliphatic heterocycles. The summed E-state index contributed by atoms with van der Waals surface area (Å²) in [5.74, 6) is 1.89. The Kier molecular flexibility index (Phi) is 5.95. The second-order valence-corrected chi connectivity index (χ2v) is 7.21. The third kappa shape index (κ3) is 4.51. The number of nitrogens with one attached hydrogen (secondary N) is 1. The van der Waals surface area contributed by atoms with Gasteiger partial charge < -0.3 is 5.32 Å². The van der Waals surface area contributed by atoms with Gasteiger partial charge in [-0.2, -0.15) is 0 Å². The maximum atomic E-state index is 12.5. The van der Waals surface area contributed by atoms with Gasteiger partial charge in [0.15, 0.2) is 0 Å². The van der Waals surface area contributed by atoms with E-state index >= 15 is 0 Å². The van der Waals surface area contributed by atoms with Gasteiger partial charge in [0.1, 0.15) is 11.6 Å². The molecule has 4 rings (SSSR count). The lowest BCUT2D eigenvalue weighted by atomic mass is 10.1. The number of aryl methyl sites for hydroxylation is 1. The van der Waals surface area contributed by atoms with E-state index in [1.54, 1.807) is 12.4 Å². The molecule has 0 saturated carbocycles. The molecule has 3 aromatic heterocycles. The molecule has 150 valence electrons. The highest BCUT2D eigenvalue weighted by Gasteiger charge is 2.28. The predicted octanol–water partition coefficient (Wildman–Crippen LogP) is 2.68. The SMILES string of the molecule is CCc1nccn1-c1cccc([C@@H]2CCCN2CC(=O)NCc2ccccn2)n1. The van der Waals surface area contributed by atoms with Crippen molar-refractivity contribution in [3.05, 3.63) is 72.2 Å². The molecule has 0 radical (unpaired) electrons. The van der Waals surface area contributed by atoms with E-state index in [1.807, 2.05) is 41.1 Å². The first-order valence-electron chi connectivity index (χ1n) is 10.1. The van der Waals surface area contributed by atoms with Gasteiger partial charge in [-0.3, -0.25) is 19.2 Å². The highest BCUT2D eigenvalue weighted by molar-refractivity contribution is 5.78. The molecule has 1 amide bonds. The number of carbonyl (C=O) groups excluding carboxylic acids is 1. The molecule has 1 aliphatic rings. The van der Waals surface area contributed by atoms with Crippen molar-refractivity contribution in [2.75, 3.05) is 13.1 Å². The van der Waals surface area contributed by atoms with Gasteiger partial charge in [0.25, 0.3) is 0 Å². The lowest BCUT2D eigenvalue weighted by Gasteiger charge is -2.24. The second kappa shape index (κ2) is 8.96. The van der Waals surface area contributed by atoms with E-state index in [1.165, 1.54) is 0 Å². The van der Waals surface area contributed by atoms with Crippen molar-refractivity contribution in [3.63, 3.8) is 0 Å². The van der Waals surface area contributed by atoms with E-state index in [0.717, 1.165) is 48.8 Å². The number of carbonyl (C=O) groups is 1. The Morgan fingerprint density at radius 2 is 2.10 bits per heavy atom. The average molecular weight is 390 g/mol. The first-order chi connectivity index (χ1) is 14.2. The minimum atomic E-state index is 0.0154. The van der Waals surface area contributed by atoms with Crippen LogP contribution in [0.4, 0.5) is 0 Å². The number of amides is 1. The van der Waals surface area contributed by atoms with Crippen LogP contribution in [0.5, 0.6) is 0 Å². The van der Waals surface area contributed by atoms with Crippen LogP contribution in [0, 0.1) is 0 Å². The summed E-state index contributed by atoms with van der Waals surface area (Å²) >= 11 is 0. The van der Waals surface area contributed by atoms with Crippen LogP contribution in [0.3, 0.4) is 0 Å². The van der Waals surface area contributed by atoms with Gasteiger partial charge >= 0.3 is 0 Å². The average Bonchev–Trinajstić information content (AvgIpc) is 3.42. The Morgan fingerprint density at radius 3 is 2.93 bits per heavy atom. The monoisotopic (exact) mass is 390 g/mol. The van der Waals surface area contributed by atoms with Crippen LogP contribution in [-0.2, 0) is 17.8 Å². The molecule has 1 fully saturated rings. The minimum absolute atomic E-state index is 0.0154. The molecule has 1 atom stereocenters. The molecule has 7 nitrogen and oxygen atoms in total. The number of hydrogen-bond donors (Lipinski definition) is 1. The van der Waals surface area contributed by atoms with Crippen LogP contribution >= 0.6 is 0 Å².